The third kappa shape index (κ3) is 5.45. The standard InChI is InChI=1S/C25H34O6.C20H28O5.2CH4/c1-7-12(2)22(29)31-21-13(3)10-24-14(4)8-17-18(23(17,5)6)16(20(24)28)9-15(11-26)19(27)25(21,24)30;1-9-7-19-10(2)5-13-14(18(13,3)4)12(17(19)24)6-11(8-21)16(23)20(19,25)15(9)22;;/h7,9-10,14,16-19,21,26-27,30H,8,11H2,1-6H3;6-7,10,12-16,21-23,25H,5,8H2,1-4H3;2*1H4/b12-7-;;;/t14-,16+,17-,18+,19-,21+,24+,25+;10-,12+,13-,14+,15+,16-,19+,20-;;/m11../s1. The Morgan fingerprint density at radius 1 is 0.741 bits per heavy atom. The van der Waals surface area contributed by atoms with E-state index in [9.17, 15) is 50.1 Å². The van der Waals surface area contributed by atoms with Crippen molar-refractivity contribution in [2.24, 2.45) is 69.0 Å². The van der Waals surface area contributed by atoms with E-state index in [1.165, 1.54) is 0 Å². The van der Waals surface area contributed by atoms with Crippen molar-refractivity contribution in [3.8, 4) is 0 Å². The monoisotopic (exact) mass is 810 g/mol. The van der Waals surface area contributed by atoms with E-state index in [0.717, 1.165) is 12.8 Å². The predicted octanol–water partition coefficient (Wildman–Crippen LogP) is 4.42. The first kappa shape index (κ1) is 46.3. The van der Waals surface area contributed by atoms with Gasteiger partial charge in [0.15, 0.2) is 23.3 Å². The first-order valence-corrected chi connectivity index (χ1v) is 20.4. The third-order valence-corrected chi connectivity index (χ3v) is 16.8. The molecule has 4 fully saturated rings. The fraction of sp³-hybridized carbons (Fsp3) is 0.723. The van der Waals surface area contributed by atoms with E-state index < -0.39 is 77.5 Å². The van der Waals surface area contributed by atoms with Crippen LogP contribution in [0.15, 0.2) is 58.2 Å². The van der Waals surface area contributed by atoms with Gasteiger partial charge in [0.05, 0.1) is 24.0 Å². The summed E-state index contributed by atoms with van der Waals surface area (Å²) in [5.74, 6) is -1.41. The number of ether oxygens (including phenoxy) is 1. The number of carbonyl (C=O) groups excluding carboxylic acids is 3. The number of Topliss-reactive ketones (excluding diaryl/α,β-unsaturated/α-hetero) is 2. The number of aliphatic hydroxyl groups excluding tert-OH is 5. The normalized spacial score (nSPS) is 47.3. The van der Waals surface area contributed by atoms with Crippen molar-refractivity contribution >= 4 is 17.5 Å². The molecule has 11 nitrogen and oxygen atoms in total. The molecule has 324 valence electrons. The summed E-state index contributed by atoms with van der Waals surface area (Å²) in [5, 5.41) is 76.7. The lowest BCUT2D eigenvalue weighted by atomic mass is 9.59. The SMILES string of the molecule is C.C.C/C=C(/C)C(=O)O[C@H]1C(C)=C[C@]23C(=O)[C@@H](C=C(CO)[C@@H](O)[C@]12O)[C@H]1[C@@H](C[C@H]3C)C1(C)C.CC1=C[C@]23C(=O)[C@@H](C=C(CO)[C@@H](O)[C@]2(O)[C@H]1O)[C@H]1[C@@H](C[C@H]3C)C1(C)C. The molecule has 0 amide bonds. The van der Waals surface area contributed by atoms with Crippen LogP contribution in [0.2, 0.25) is 0 Å². The van der Waals surface area contributed by atoms with Gasteiger partial charge < -0.3 is 40.5 Å². The summed E-state index contributed by atoms with van der Waals surface area (Å²) in [6, 6.07) is 0. The van der Waals surface area contributed by atoms with Crippen molar-refractivity contribution in [2.45, 2.75) is 133 Å². The smallest absolute Gasteiger partial charge is 0.334 e. The molecule has 4 bridgehead atoms. The molecule has 0 heterocycles. The summed E-state index contributed by atoms with van der Waals surface area (Å²) in [4.78, 5) is 40.5. The van der Waals surface area contributed by atoms with Gasteiger partial charge in [0, 0.05) is 17.4 Å². The number of hydrogen-bond acceptors (Lipinski definition) is 11. The van der Waals surface area contributed by atoms with E-state index >= 15 is 0 Å². The van der Waals surface area contributed by atoms with Gasteiger partial charge in [0.1, 0.15) is 23.9 Å². The van der Waals surface area contributed by atoms with Gasteiger partial charge in [-0.1, -0.05) is 86.8 Å². The van der Waals surface area contributed by atoms with Gasteiger partial charge in [-0.25, -0.2) is 4.79 Å². The Morgan fingerprint density at radius 2 is 1.14 bits per heavy atom. The molecule has 0 aromatic rings. The van der Waals surface area contributed by atoms with Gasteiger partial charge in [-0.2, -0.15) is 0 Å². The van der Waals surface area contributed by atoms with Crippen molar-refractivity contribution in [2.75, 3.05) is 13.2 Å². The van der Waals surface area contributed by atoms with Gasteiger partial charge in [-0.15, -0.1) is 0 Å². The Hall–Kier alpha value is -2.77. The molecule has 11 heteroatoms. The lowest BCUT2D eigenvalue weighted by Crippen LogP contribution is -2.65. The molecule has 8 aliphatic carbocycles. The van der Waals surface area contributed by atoms with Crippen molar-refractivity contribution in [3.63, 3.8) is 0 Å². The molecular weight excluding hydrogens is 741 g/mol. The van der Waals surface area contributed by atoms with Crippen molar-refractivity contribution in [3.05, 3.63) is 58.2 Å². The number of carbonyl (C=O) groups is 3. The van der Waals surface area contributed by atoms with E-state index in [4.69, 9.17) is 4.74 Å². The van der Waals surface area contributed by atoms with Crippen LogP contribution in [0.4, 0.5) is 0 Å². The topological polar surface area (TPSA) is 202 Å². The highest BCUT2D eigenvalue weighted by Gasteiger charge is 2.78. The molecule has 2 spiro atoms. The Morgan fingerprint density at radius 3 is 1.55 bits per heavy atom. The molecular formula is C47H70O11. The number of rotatable bonds is 4. The molecule has 7 N–H and O–H groups in total. The summed E-state index contributed by atoms with van der Waals surface area (Å²) in [6.45, 7) is 18.3. The first-order chi connectivity index (χ1) is 25.9. The summed E-state index contributed by atoms with van der Waals surface area (Å²) in [7, 11) is 0. The van der Waals surface area contributed by atoms with Crippen molar-refractivity contribution < 1.29 is 54.9 Å². The number of aliphatic hydroxyl groups is 7. The minimum absolute atomic E-state index is 0. The van der Waals surface area contributed by atoms with Crippen molar-refractivity contribution in [1.82, 2.24) is 0 Å². The number of fused-ring (bicyclic) bond motifs is 6. The summed E-state index contributed by atoms with van der Waals surface area (Å²) < 4.78 is 5.72. The molecule has 0 saturated heterocycles. The third-order valence-electron chi connectivity index (χ3n) is 16.8. The number of hydrogen-bond donors (Lipinski definition) is 7. The number of ketones is 2. The Labute approximate surface area is 344 Å². The molecule has 8 aliphatic rings. The van der Waals surface area contributed by atoms with Gasteiger partial charge in [0.2, 0.25) is 0 Å². The van der Waals surface area contributed by atoms with Gasteiger partial charge in [-0.3, -0.25) is 9.59 Å². The van der Waals surface area contributed by atoms with E-state index in [1.54, 1.807) is 58.1 Å². The van der Waals surface area contributed by atoms with Gasteiger partial charge in [-0.05, 0) is 109 Å². The van der Waals surface area contributed by atoms with E-state index in [-0.39, 0.29) is 72.1 Å². The minimum atomic E-state index is -2.08. The maximum Gasteiger partial charge on any atom is 0.334 e. The zero-order valence-corrected chi connectivity index (χ0v) is 34.4. The second kappa shape index (κ2) is 14.4. The number of esters is 1. The molecule has 0 aromatic heterocycles. The maximum absolute atomic E-state index is 14.2. The van der Waals surface area contributed by atoms with Crippen LogP contribution in [0.25, 0.3) is 0 Å². The van der Waals surface area contributed by atoms with Crippen LogP contribution in [0, 0.1) is 69.0 Å². The van der Waals surface area contributed by atoms with Crippen LogP contribution >= 0.6 is 0 Å². The second-order valence-corrected chi connectivity index (χ2v) is 19.9. The van der Waals surface area contributed by atoms with Crippen LogP contribution in [0.5, 0.6) is 0 Å². The molecule has 0 unspecified atom stereocenters. The summed E-state index contributed by atoms with van der Waals surface area (Å²) >= 11 is 0. The van der Waals surface area contributed by atoms with Crippen LogP contribution in [-0.2, 0) is 19.1 Å². The Balaban J connectivity index is 0.000000218. The molecule has 4 saturated carbocycles. The molecule has 0 radical (unpaired) electrons. The maximum atomic E-state index is 14.2. The van der Waals surface area contributed by atoms with Gasteiger partial charge >= 0.3 is 5.97 Å². The summed E-state index contributed by atoms with van der Waals surface area (Å²) in [6.07, 6.45) is 4.38. The first-order valence-electron chi connectivity index (χ1n) is 20.4. The zero-order valence-electron chi connectivity index (χ0n) is 34.4. The quantitative estimate of drug-likeness (QED) is 0.120. The second-order valence-electron chi connectivity index (χ2n) is 19.9. The van der Waals surface area contributed by atoms with Crippen LogP contribution < -0.4 is 0 Å². The highest BCUT2D eigenvalue weighted by Crippen LogP contribution is 2.73. The Bertz CT molecular complexity index is 1900. The average molecular weight is 811 g/mol. The zero-order chi connectivity index (χ0) is 41.6. The highest BCUT2D eigenvalue weighted by molar-refractivity contribution is 5.96. The average Bonchev–Trinajstić information content (AvgIpc) is 3.86. The van der Waals surface area contributed by atoms with Crippen LogP contribution in [-0.4, -0.2) is 102 Å². The fourth-order valence-electron chi connectivity index (χ4n) is 13.3. The van der Waals surface area contributed by atoms with E-state index in [1.807, 2.05) is 13.8 Å². The van der Waals surface area contributed by atoms with Crippen molar-refractivity contribution in [1.29, 1.82) is 0 Å². The molecule has 0 aromatic carbocycles. The van der Waals surface area contributed by atoms with Gasteiger partial charge in [0.25, 0.3) is 0 Å². The van der Waals surface area contributed by atoms with E-state index in [0.29, 0.717) is 28.6 Å². The predicted molar refractivity (Wildman–Crippen MR) is 219 cm³/mol. The number of allylic oxidation sites excluding steroid dienone is 3. The molecule has 58 heavy (non-hydrogen) atoms. The van der Waals surface area contributed by atoms with Crippen LogP contribution in [0.3, 0.4) is 0 Å². The molecule has 0 aliphatic heterocycles. The van der Waals surface area contributed by atoms with E-state index in [2.05, 4.69) is 27.7 Å². The Kier molecular flexibility index (Phi) is 11.5. The minimum Gasteiger partial charge on any atom is -0.451 e. The fourth-order valence-corrected chi connectivity index (χ4v) is 13.3. The lowest BCUT2D eigenvalue weighted by molar-refractivity contribution is -0.201. The largest absolute Gasteiger partial charge is 0.451 e. The van der Waals surface area contributed by atoms with Crippen LogP contribution in [0.1, 0.15) is 96.9 Å². The lowest BCUT2D eigenvalue weighted by Gasteiger charge is -2.48. The molecule has 16 atom stereocenters. The highest BCUT2D eigenvalue weighted by atomic mass is 16.6. The summed E-state index contributed by atoms with van der Waals surface area (Å²) in [5.41, 5.74) is -4.95. The molecule has 8 rings (SSSR count).